The van der Waals surface area contributed by atoms with E-state index in [1.165, 1.54) is 4.90 Å². The second-order valence-electron chi connectivity index (χ2n) is 5.31. The second kappa shape index (κ2) is 4.91. The van der Waals surface area contributed by atoms with Crippen LogP contribution in [0.3, 0.4) is 0 Å². The van der Waals surface area contributed by atoms with Crippen LogP contribution < -0.4 is 11.5 Å². The van der Waals surface area contributed by atoms with E-state index in [2.05, 4.69) is 0 Å². The normalized spacial score (nSPS) is 22.4. The van der Waals surface area contributed by atoms with Gasteiger partial charge in [0.2, 0.25) is 5.91 Å². The molecule has 1 aliphatic heterocycles. The van der Waals surface area contributed by atoms with Crippen LogP contribution in [0.1, 0.15) is 33.6 Å². The van der Waals surface area contributed by atoms with Gasteiger partial charge in [-0.05, 0) is 33.6 Å². The monoisotopic (exact) mass is 243 g/mol. The highest BCUT2D eigenvalue weighted by Gasteiger charge is 2.37. The summed E-state index contributed by atoms with van der Waals surface area (Å²) in [5.41, 5.74) is 10.3. The highest BCUT2D eigenvalue weighted by atomic mass is 16.6. The van der Waals surface area contributed by atoms with Crippen molar-refractivity contribution in [1.29, 1.82) is 0 Å². The van der Waals surface area contributed by atoms with E-state index in [0.29, 0.717) is 13.0 Å². The first-order valence-corrected chi connectivity index (χ1v) is 5.77. The maximum Gasteiger partial charge on any atom is 0.410 e. The Morgan fingerprint density at radius 1 is 1.41 bits per heavy atom. The Hall–Kier alpha value is -1.30. The van der Waals surface area contributed by atoms with Crippen LogP contribution >= 0.6 is 0 Å². The summed E-state index contributed by atoms with van der Waals surface area (Å²) in [5.74, 6) is -0.592. The zero-order chi connectivity index (χ0) is 13.2. The van der Waals surface area contributed by atoms with Gasteiger partial charge in [-0.3, -0.25) is 4.79 Å². The zero-order valence-electron chi connectivity index (χ0n) is 10.6. The van der Waals surface area contributed by atoms with Crippen LogP contribution in [0.25, 0.3) is 0 Å². The minimum atomic E-state index is -0.829. The fourth-order valence-electron chi connectivity index (χ4n) is 1.90. The summed E-state index contributed by atoms with van der Waals surface area (Å²) >= 11 is 0. The molecule has 1 heterocycles. The lowest BCUT2D eigenvalue weighted by atomic mass is 10.1. The molecule has 0 saturated carbocycles. The third kappa shape index (κ3) is 3.59. The van der Waals surface area contributed by atoms with Gasteiger partial charge in [-0.2, -0.15) is 0 Å². The average Bonchev–Trinajstić information content (AvgIpc) is 2.61. The Kier molecular flexibility index (Phi) is 3.98. The minimum absolute atomic E-state index is 0.345. The summed E-state index contributed by atoms with van der Waals surface area (Å²) < 4.78 is 5.26. The highest BCUT2D eigenvalue weighted by Crippen LogP contribution is 2.22. The van der Waals surface area contributed by atoms with Crippen molar-refractivity contribution in [2.45, 2.75) is 51.3 Å². The zero-order valence-corrected chi connectivity index (χ0v) is 10.6. The quantitative estimate of drug-likeness (QED) is 0.723. The number of nitrogens with two attached hydrogens (primary N) is 2. The largest absolute Gasteiger partial charge is 0.444 e. The molecule has 4 N–H and O–H groups in total. The number of rotatable bonds is 2. The van der Waals surface area contributed by atoms with E-state index in [1.54, 1.807) is 20.8 Å². The summed E-state index contributed by atoms with van der Waals surface area (Å²) in [5, 5.41) is 0. The van der Waals surface area contributed by atoms with Crippen molar-refractivity contribution in [2.75, 3.05) is 6.54 Å². The molecule has 0 aliphatic carbocycles. The van der Waals surface area contributed by atoms with Crippen molar-refractivity contribution in [3.8, 4) is 0 Å². The molecule has 1 fully saturated rings. The van der Waals surface area contributed by atoms with Crippen LogP contribution in [0.5, 0.6) is 0 Å². The molecule has 0 aromatic heterocycles. The molecular formula is C11H21N3O3. The van der Waals surface area contributed by atoms with Crippen molar-refractivity contribution in [2.24, 2.45) is 11.5 Å². The summed E-state index contributed by atoms with van der Waals surface area (Å²) in [6, 6.07) is -1.17. The molecule has 0 bridgehead atoms. The van der Waals surface area contributed by atoms with Gasteiger partial charge in [0.1, 0.15) is 11.6 Å². The SMILES string of the molecule is CC(C)(C)OC(=O)N1CCCC1C(N)C(N)=O. The van der Waals surface area contributed by atoms with E-state index in [-0.39, 0.29) is 6.04 Å². The molecule has 1 aliphatic rings. The molecule has 1 saturated heterocycles. The lowest BCUT2D eigenvalue weighted by Gasteiger charge is -2.30. The van der Waals surface area contributed by atoms with Gasteiger partial charge in [0.15, 0.2) is 0 Å². The molecule has 98 valence electrons. The molecule has 2 unspecified atom stereocenters. The van der Waals surface area contributed by atoms with Crippen LogP contribution in [-0.4, -0.2) is 41.1 Å². The van der Waals surface area contributed by atoms with Gasteiger partial charge >= 0.3 is 6.09 Å². The van der Waals surface area contributed by atoms with Crippen LogP contribution in [-0.2, 0) is 9.53 Å². The van der Waals surface area contributed by atoms with Crippen LogP contribution in [0.15, 0.2) is 0 Å². The predicted octanol–water partition coefficient (Wildman–Crippen LogP) is 0.199. The number of primary amides is 1. The summed E-state index contributed by atoms with van der Waals surface area (Å²) in [7, 11) is 0. The summed E-state index contributed by atoms with van der Waals surface area (Å²) in [6.45, 7) is 5.94. The van der Waals surface area contributed by atoms with E-state index < -0.39 is 23.6 Å². The van der Waals surface area contributed by atoms with Crippen LogP contribution in [0, 0.1) is 0 Å². The fraction of sp³-hybridized carbons (Fsp3) is 0.818. The van der Waals surface area contributed by atoms with Crippen LogP contribution in [0.2, 0.25) is 0 Å². The Morgan fingerprint density at radius 3 is 2.47 bits per heavy atom. The maximum atomic E-state index is 11.9. The van der Waals surface area contributed by atoms with Crippen LogP contribution in [0.4, 0.5) is 4.79 Å². The first kappa shape index (κ1) is 13.8. The first-order valence-electron chi connectivity index (χ1n) is 5.77. The van der Waals surface area contributed by atoms with Crippen molar-refractivity contribution in [3.05, 3.63) is 0 Å². The molecule has 0 radical (unpaired) electrons. The Balaban J connectivity index is 2.69. The molecule has 1 rings (SSSR count). The van der Waals surface area contributed by atoms with E-state index in [1.807, 2.05) is 0 Å². The van der Waals surface area contributed by atoms with Gasteiger partial charge in [0.05, 0.1) is 6.04 Å². The number of likely N-dealkylation sites (tertiary alicyclic amines) is 1. The lowest BCUT2D eigenvalue weighted by molar-refractivity contribution is -0.120. The van der Waals surface area contributed by atoms with Crippen molar-refractivity contribution in [3.63, 3.8) is 0 Å². The van der Waals surface area contributed by atoms with E-state index >= 15 is 0 Å². The molecule has 17 heavy (non-hydrogen) atoms. The molecule has 0 spiro atoms. The van der Waals surface area contributed by atoms with Gasteiger partial charge < -0.3 is 21.1 Å². The molecular weight excluding hydrogens is 222 g/mol. The third-order valence-corrected chi connectivity index (χ3v) is 2.67. The number of hydrogen-bond donors (Lipinski definition) is 2. The molecule has 0 aromatic rings. The number of hydrogen-bond acceptors (Lipinski definition) is 4. The van der Waals surface area contributed by atoms with Gasteiger partial charge in [0.25, 0.3) is 0 Å². The Bertz CT molecular complexity index is 312. The lowest BCUT2D eigenvalue weighted by Crippen LogP contribution is -2.53. The highest BCUT2D eigenvalue weighted by molar-refractivity contribution is 5.81. The number of nitrogens with zero attached hydrogens (tertiary/aromatic N) is 1. The van der Waals surface area contributed by atoms with Gasteiger partial charge in [-0.1, -0.05) is 0 Å². The minimum Gasteiger partial charge on any atom is -0.444 e. The van der Waals surface area contributed by atoms with Gasteiger partial charge in [-0.25, -0.2) is 4.79 Å². The van der Waals surface area contributed by atoms with Gasteiger partial charge in [-0.15, -0.1) is 0 Å². The summed E-state index contributed by atoms with van der Waals surface area (Å²) in [4.78, 5) is 24.5. The third-order valence-electron chi connectivity index (χ3n) is 2.67. The fourth-order valence-corrected chi connectivity index (χ4v) is 1.90. The van der Waals surface area contributed by atoms with Crippen molar-refractivity contribution >= 4 is 12.0 Å². The van der Waals surface area contributed by atoms with E-state index in [4.69, 9.17) is 16.2 Å². The van der Waals surface area contributed by atoms with E-state index in [9.17, 15) is 9.59 Å². The number of carbonyl (C=O) groups excluding carboxylic acids is 2. The second-order valence-corrected chi connectivity index (χ2v) is 5.31. The average molecular weight is 243 g/mol. The van der Waals surface area contributed by atoms with Crippen molar-refractivity contribution < 1.29 is 14.3 Å². The molecule has 2 atom stereocenters. The number of amides is 2. The number of carbonyl (C=O) groups is 2. The molecule has 0 aromatic carbocycles. The smallest absolute Gasteiger partial charge is 0.410 e. The standard InChI is InChI=1S/C11H21N3O3/c1-11(2,3)17-10(16)14-6-4-5-7(14)8(12)9(13)15/h7-8H,4-6,12H2,1-3H3,(H2,13,15). The maximum absolute atomic E-state index is 11.9. The summed E-state index contributed by atoms with van der Waals surface area (Å²) in [6.07, 6.45) is 1.06. The van der Waals surface area contributed by atoms with Crippen molar-refractivity contribution in [1.82, 2.24) is 4.90 Å². The van der Waals surface area contributed by atoms with E-state index in [0.717, 1.165) is 6.42 Å². The Labute approximate surface area is 101 Å². The molecule has 2 amide bonds. The number of ether oxygens (including phenoxy) is 1. The molecule has 6 heteroatoms. The van der Waals surface area contributed by atoms with Gasteiger partial charge in [0, 0.05) is 6.54 Å². The Morgan fingerprint density at radius 2 is 2.00 bits per heavy atom. The topological polar surface area (TPSA) is 98.7 Å². The first-order chi connectivity index (χ1) is 7.72. The predicted molar refractivity (Wildman–Crippen MR) is 63.1 cm³/mol. The molecule has 6 nitrogen and oxygen atoms in total.